The van der Waals surface area contributed by atoms with Crippen molar-refractivity contribution < 1.29 is 15.0 Å². The fraction of sp³-hybridized carbons (Fsp3) is 0.182. The van der Waals surface area contributed by atoms with E-state index in [4.69, 9.17) is 16.7 Å². The summed E-state index contributed by atoms with van der Waals surface area (Å²) in [5.41, 5.74) is 3.80. The van der Waals surface area contributed by atoms with Crippen molar-refractivity contribution in [3.05, 3.63) is 88.6 Å². The maximum absolute atomic E-state index is 10.9. The quantitative estimate of drug-likeness (QED) is 0.502. The van der Waals surface area contributed by atoms with Gasteiger partial charge >= 0.3 is 5.97 Å². The first-order valence-electron chi connectivity index (χ1n) is 8.96. The maximum Gasteiger partial charge on any atom is 0.337 e. The van der Waals surface area contributed by atoms with Gasteiger partial charge in [0, 0.05) is 23.3 Å². The van der Waals surface area contributed by atoms with Crippen LogP contribution in [0.1, 0.15) is 27.6 Å². The summed E-state index contributed by atoms with van der Waals surface area (Å²) in [4.78, 5) is 15.1. The summed E-state index contributed by atoms with van der Waals surface area (Å²) >= 11 is 5.95. The molecule has 0 spiro atoms. The molecule has 1 heterocycles. The van der Waals surface area contributed by atoms with Crippen LogP contribution in [0.3, 0.4) is 0 Å². The molecular formula is C22H21ClN2O3. The van der Waals surface area contributed by atoms with E-state index in [9.17, 15) is 9.90 Å². The highest BCUT2D eigenvalue weighted by molar-refractivity contribution is 6.30. The number of aromatic carboxylic acids is 1. The molecule has 0 bridgehead atoms. The zero-order valence-electron chi connectivity index (χ0n) is 15.2. The highest BCUT2D eigenvalue weighted by atomic mass is 35.5. The summed E-state index contributed by atoms with van der Waals surface area (Å²) in [5.74, 6) is -0.984. The van der Waals surface area contributed by atoms with E-state index >= 15 is 0 Å². The lowest BCUT2D eigenvalue weighted by Crippen LogP contribution is -2.23. The molecule has 5 nitrogen and oxygen atoms in total. The topological polar surface area (TPSA) is 82.5 Å². The van der Waals surface area contributed by atoms with Crippen LogP contribution in [0.4, 0.5) is 0 Å². The zero-order chi connectivity index (χ0) is 19.9. The lowest BCUT2D eigenvalue weighted by atomic mass is 10.1. The molecule has 1 aromatic heterocycles. The van der Waals surface area contributed by atoms with E-state index in [-0.39, 0.29) is 5.56 Å². The molecule has 144 valence electrons. The van der Waals surface area contributed by atoms with Crippen LogP contribution in [0.25, 0.3) is 11.3 Å². The minimum Gasteiger partial charge on any atom is -0.478 e. The number of nitrogens with zero attached hydrogens (tertiary/aromatic N) is 1. The van der Waals surface area contributed by atoms with Gasteiger partial charge in [-0.3, -0.25) is 4.98 Å². The predicted molar refractivity (Wildman–Crippen MR) is 110 cm³/mol. The average Bonchev–Trinajstić information content (AvgIpc) is 2.71. The first-order valence-corrected chi connectivity index (χ1v) is 9.33. The molecule has 0 aliphatic carbocycles. The highest BCUT2D eigenvalue weighted by Crippen LogP contribution is 2.19. The van der Waals surface area contributed by atoms with Gasteiger partial charge in [0.2, 0.25) is 0 Å². The molecule has 0 unspecified atom stereocenters. The highest BCUT2D eigenvalue weighted by Gasteiger charge is 2.07. The van der Waals surface area contributed by atoms with Crippen molar-refractivity contribution in [3.63, 3.8) is 0 Å². The number of carboxylic acids is 1. The summed E-state index contributed by atoms with van der Waals surface area (Å²) in [5, 5.41) is 23.0. The second kappa shape index (κ2) is 9.46. The number of rotatable bonds is 8. The Kier molecular flexibility index (Phi) is 6.76. The summed E-state index contributed by atoms with van der Waals surface area (Å²) in [6.07, 6.45) is 1.59. The number of carboxylic acid groups (broad SMARTS) is 1. The second-order valence-corrected chi connectivity index (χ2v) is 6.90. The molecule has 0 aliphatic rings. The summed E-state index contributed by atoms with van der Waals surface area (Å²) in [6.45, 7) is 1.20. The van der Waals surface area contributed by atoms with Gasteiger partial charge in [-0.15, -0.1) is 0 Å². The maximum atomic E-state index is 10.9. The fourth-order valence-electron chi connectivity index (χ4n) is 2.84. The van der Waals surface area contributed by atoms with E-state index < -0.39 is 12.1 Å². The molecule has 3 aromatic rings. The number of nitrogens with one attached hydrogen (secondary N) is 1. The van der Waals surface area contributed by atoms with Gasteiger partial charge in [-0.25, -0.2) is 4.79 Å². The van der Waals surface area contributed by atoms with Gasteiger partial charge in [-0.05, 0) is 48.4 Å². The SMILES string of the molecule is O=C(O)c1ccc(-c2ccc(CCNC[C@@H](O)c3cccc(Cl)c3)cc2)nc1. The van der Waals surface area contributed by atoms with Crippen LogP contribution < -0.4 is 5.32 Å². The summed E-state index contributed by atoms with van der Waals surface area (Å²) in [6, 6.07) is 18.5. The number of hydrogen-bond acceptors (Lipinski definition) is 4. The first-order chi connectivity index (χ1) is 13.5. The normalized spacial score (nSPS) is 11.9. The summed E-state index contributed by atoms with van der Waals surface area (Å²) in [7, 11) is 0. The van der Waals surface area contributed by atoms with Crippen LogP contribution >= 0.6 is 11.6 Å². The Bertz CT molecular complexity index is 927. The molecule has 1 atom stereocenters. The Morgan fingerprint density at radius 1 is 1.11 bits per heavy atom. The van der Waals surface area contributed by atoms with Gasteiger partial charge < -0.3 is 15.5 Å². The van der Waals surface area contributed by atoms with Gasteiger partial charge in [0.1, 0.15) is 0 Å². The summed E-state index contributed by atoms with van der Waals surface area (Å²) < 4.78 is 0. The van der Waals surface area contributed by atoms with Crippen LogP contribution in [0.2, 0.25) is 5.02 Å². The molecule has 3 rings (SSSR count). The molecule has 0 saturated carbocycles. The third-order valence-corrected chi connectivity index (χ3v) is 4.66. The Morgan fingerprint density at radius 3 is 2.54 bits per heavy atom. The van der Waals surface area contributed by atoms with Crippen molar-refractivity contribution in [3.8, 4) is 11.3 Å². The molecule has 0 amide bonds. The number of aromatic nitrogens is 1. The minimum atomic E-state index is -0.984. The predicted octanol–water partition coefficient (Wildman–Crippen LogP) is 3.97. The Balaban J connectivity index is 1.48. The van der Waals surface area contributed by atoms with E-state index in [2.05, 4.69) is 10.3 Å². The molecular weight excluding hydrogens is 376 g/mol. The molecule has 0 saturated heterocycles. The van der Waals surface area contributed by atoms with Crippen LogP contribution in [-0.4, -0.2) is 34.3 Å². The molecule has 6 heteroatoms. The Morgan fingerprint density at radius 2 is 1.89 bits per heavy atom. The van der Waals surface area contributed by atoms with E-state index in [0.29, 0.717) is 11.6 Å². The van der Waals surface area contributed by atoms with Crippen LogP contribution in [-0.2, 0) is 6.42 Å². The van der Waals surface area contributed by atoms with Crippen molar-refractivity contribution in [2.45, 2.75) is 12.5 Å². The van der Waals surface area contributed by atoms with E-state index in [0.717, 1.165) is 35.3 Å². The average molecular weight is 397 g/mol. The number of halogens is 1. The van der Waals surface area contributed by atoms with Gasteiger partial charge in [0.25, 0.3) is 0 Å². The molecule has 28 heavy (non-hydrogen) atoms. The number of aliphatic hydroxyl groups is 1. The van der Waals surface area contributed by atoms with Crippen LogP contribution in [0, 0.1) is 0 Å². The lowest BCUT2D eigenvalue weighted by Gasteiger charge is -2.12. The van der Waals surface area contributed by atoms with Gasteiger partial charge in [-0.1, -0.05) is 48.0 Å². The number of carbonyl (C=O) groups is 1. The van der Waals surface area contributed by atoms with Gasteiger partial charge in [0.15, 0.2) is 0 Å². The van der Waals surface area contributed by atoms with Crippen molar-refractivity contribution in [2.24, 2.45) is 0 Å². The molecule has 2 aromatic carbocycles. The largest absolute Gasteiger partial charge is 0.478 e. The van der Waals surface area contributed by atoms with E-state index in [1.807, 2.05) is 36.4 Å². The Labute approximate surface area is 168 Å². The van der Waals surface area contributed by atoms with Crippen molar-refractivity contribution in [2.75, 3.05) is 13.1 Å². The number of pyridine rings is 1. The van der Waals surface area contributed by atoms with Crippen molar-refractivity contribution >= 4 is 17.6 Å². The number of hydrogen-bond donors (Lipinski definition) is 3. The number of aliphatic hydroxyl groups excluding tert-OH is 1. The fourth-order valence-corrected chi connectivity index (χ4v) is 3.04. The zero-order valence-corrected chi connectivity index (χ0v) is 15.9. The smallest absolute Gasteiger partial charge is 0.337 e. The molecule has 0 fully saturated rings. The van der Waals surface area contributed by atoms with Crippen LogP contribution in [0.15, 0.2) is 66.9 Å². The first kappa shape index (κ1) is 20.0. The van der Waals surface area contributed by atoms with Gasteiger partial charge in [-0.2, -0.15) is 0 Å². The third kappa shape index (κ3) is 5.39. The Hall–Kier alpha value is -2.73. The van der Waals surface area contributed by atoms with E-state index in [1.54, 1.807) is 24.3 Å². The standard InChI is InChI=1S/C22H21ClN2O3/c23-19-3-1-2-17(12-19)21(26)14-24-11-10-15-4-6-16(7-5-15)20-9-8-18(13-25-20)22(27)28/h1-9,12-13,21,24,26H,10-11,14H2,(H,27,28)/t21-/m1/s1. The van der Waals surface area contributed by atoms with Crippen LogP contribution in [0.5, 0.6) is 0 Å². The number of benzene rings is 2. The monoisotopic (exact) mass is 396 g/mol. The molecule has 3 N–H and O–H groups in total. The van der Waals surface area contributed by atoms with Crippen molar-refractivity contribution in [1.29, 1.82) is 0 Å². The second-order valence-electron chi connectivity index (χ2n) is 6.46. The lowest BCUT2D eigenvalue weighted by molar-refractivity contribution is 0.0696. The third-order valence-electron chi connectivity index (χ3n) is 4.42. The van der Waals surface area contributed by atoms with Gasteiger partial charge in [0.05, 0.1) is 17.4 Å². The van der Waals surface area contributed by atoms with E-state index in [1.165, 1.54) is 6.20 Å². The molecule has 0 aliphatic heterocycles. The molecule has 0 radical (unpaired) electrons. The van der Waals surface area contributed by atoms with Crippen molar-refractivity contribution in [1.82, 2.24) is 10.3 Å². The minimum absolute atomic E-state index is 0.173.